The molecule has 1 fully saturated rings. The minimum atomic E-state index is -0.477. The summed E-state index contributed by atoms with van der Waals surface area (Å²) in [4.78, 5) is 27.1. The number of anilines is 2. The zero-order valence-electron chi connectivity index (χ0n) is 16.4. The summed E-state index contributed by atoms with van der Waals surface area (Å²) in [6, 6.07) is 8.01. The van der Waals surface area contributed by atoms with Crippen LogP contribution in [0.25, 0.3) is 11.3 Å². The molecule has 1 aliphatic heterocycles. The summed E-state index contributed by atoms with van der Waals surface area (Å²) >= 11 is 1.41. The standard InChI is InChI=1S/C20H25N7OS/c1-2-16(28)24-19-23-15(12-29-19)13-7-6-8-14(11-13)27-18(22)25-17(21)26-20(27)9-4-3-5-10-20/h6-8,11-12H,2-5,9-10H2,1H3,(H,23,24,28)(H4,21,22,25,26). The summed E-state index contributed by atoms with van der Waals surface area (Å²) in [6.07, 6.45) is 5.53. The summed E-state index contributed by atoms with van der Waals surface area (Å²) in [5.74, 6) is 0.560. The average Bonchev–Trinajstić information content (AvgIpc) is 3.16. The number of nitrogens with one attached hydrogen (secondary N) is 1. The maximum atomic E-state index is 11.6. The Balaban J connectivity index is 1.67. The van der Waals surface area contributed by atoms with Crippen molar-refractivity contribution < 1.29 is 4.79 Å². The van der Waals surface area contributed by atoms with Gasteiger partial charge in [0.05, 0.1) is 5.69 Å². The van der Waals surface area contributed by atoms with Gasteiger partial charge in [0.15, 0.2) is 5.13 Å². The lowest BCUT2D eigenvalue weighted by atomic mass is 9.87. The molecule has 0 unspecified atom stereocenters. The van der Waals surface area contributed by atoms with Gasteiger partial charge in [0.1, 0.15) is 5.66 Å². The number of guanidine groups is 2. The van der Waals surface area contributed by atoms with Gasteiger partial charge in [-0.15, -0.1) is 11.3 Å². The van der Waals surface area contributed by atoms with Crippen LogP contribution >= 0.6 is 11.3 Å². The van der Waals surface area contributed by atoms with E-state index in [0.717, 1.165) is 42.6 Å². The van der Waals surface area contributed by atoms with Crippen LogP contribution in [0.5, 0.6) is 0 Å². The van der Waals surface area contributed by atoms with Crippen molar-refractivity contribution in [2.24, 2.45) is 21.5 Å². The molecule has 1 spiro atoms. The Bertz CT molecular complexity index is 975. The minimum absolute atomic E-state index is 0.0494. The Labute approximate surface area is 173 Å². The molecule has 5 N–H and O–H groups in total. The molecule has 8 nitrogen and oxygen atoms in total. The molecule has 0 radical (unpaired) electrons. The minimum Gasteiger partial charge on any atom is -0.369 e. The van der Waals surface area contributed by atoms with Gasteiger partial charge in [0, 0.05) is 23.1 Å². The molecule has 2 aliphatic rings. The fourth-order valence-corrected chi connectivity index (χ4v) is 4.71. The number of thiazole rings is 1. The van der Waals surface area contributed by atoms with E-state index in [2.05, 4.69) is 15.3 Å². The molecule has 0 bridgehead atoms. The van der Waals surface area contributed by atoms with Crippen molar-refractivity contribution in [1.82, 2.24) is 4.98 Å². The second-order valence-corrected chi connectivity index (χ2v) is 8.17. The highest BCUT2D eigenvalue weighted by molar-refractivity contribution is 7.14. The molecule has 2 aromatic rings. The van der Waals surface area contributed by atoms with Gasteiger partial charge in [-0.3, -0.25) is 9.69 Å². The van der Waals surface area contributed by atoms with E-state index in [1.165, 1.54) is 17.8 Å². The number of aromatic nitrogens is 1. The highest BCUT2D eigenvalue weighted by Gasteiger charge is 2.42. The topological polar surface area (TPSA) is 122 Å². The van der Waals surface area contributed by atoms with E-state index in [0.29, 0.717) is 17.5 Å². The van der Waals surface area contributed by atoms with E-state index in [1.54, 1.807) is 0 Å². The first kappa shape index (κ1) is 19.4. The van der Waals surface area contributed by atoms with E-state index in [4.69, 9.17) is 16.5 Å². The fraction of sp³-hybridized carbons (Fsp3) is 0.400. The first-order chi connectivity index (χ1) is 14.0. The zero-order chi connectivity index (χ0) is 20.4. The van der Waals surface area contributed by atoms with E-state index >= 15 is 0 Å². The van der Waals surface area contributed by atoms with Crippen molar-refractivity contribution in [1.29, 1.82) is 0 Å². The van der Waals surface area contributed by atoms with Crippen LogP contribution in [0, 0.1) is 0 Å². The van der Waals surface area contributed by atoms with E-state index in [-0.39, 0.29) is 11.9 Å². The lowest BCUT2D eigenvalue weighted by molar-refractivity contribution is -0.115. The Morgan fingerprint density at radius 2 is 2.07 bits per heavy atom. The molecule has 2 heterocycles. The summed E-state index contributed by atoms with van der Waals surface area (Å²) in [5, 5.41) is 5.34. The monoisotopic (exact) mass is 411 g/mol. The van der Waals surface area contributed by atoms with Crippen molar-refractivity contribution in [3.63, 3.8) is 0 Å². The van der Waals surface area contributed by atoms with Gasteiger partial charge in [-0.05, 0) is 37.8 Å². The SMILES string of the molecule is CCC(=O)Nc1nc(-c2cccc(N3C(N)=NC(N)=NC34CCCCC4)c2)cs1. The molecule has 29 heavy (non-hydrogen) atoms. The number of hydrogen-bond acceptors (Lipinski definition) is 8. The zero-order valence-corrected chi connectivity index (χ0v) is 17.2. The van der Waals surface area contributed by atoms with Gasteiger partial charge in [-0.1, -0.05) is 25.5 Å². The van der Waals surface area contributed by atoms with Crippen LogP contribution in [0.15, 0.2) is 39.6 Å². The van der Waals surface area contributed by atoms with Gasteiger partial charge in [0.25, 0.3) is 0 Å². The summed E-state index contributed by atoms with van der Waals surface area (Å²) in [5.41, 5.74) is 14.5. The number of benzene rings is 1. The highest BCUT2D eigenvalue weighted by atomic mass is 32.1. The number of amides is 1. The van der Waals surface area contributed by atoms with Crippen LogP contribution in [0.3, 0.4) is 0 Å². The molecule has 152 valence electrons. The van der Waals surface area contributed by atoms with Crippen LogP contribution in [0.1, 0.15) is 45.4 Å². The number of carbonyl (C=O) groups excluding carboxylic acids is 1. The maximum absolute atomic E-state index is 11.6. The quantitative estimate of drug-likeness (QED) is 0.713. The largest absolute Gasteiger partial charge is 0.369 e. The molecule has 4 rings (SSSR count). The van der Waals surface area contributed by atoms with E-state index < -0.39 is 5.66 Å². The third-order valence-corrected chi connectivity index (χ3v) is 6.08. The van der Waals surface area contributed by atoms with Crippen molar-refractivity contribution in [3.8, 4) is 11.3 Å². The predicted octanol–water partition coefficient (Wildman–Crippen LogP) is 3.27. The first-order valence-corrected chi connectivity index (χ1v) is 10.7. The highest BCUT2D eigenvalue weighted by Crippen LogP contribution is 2.40. The molecular weight excluding hydrogens is 386 g/mol. The number of rotatable bonds is 4. The maximum Gasteiger partial charge on any atom is 0.225 e. The number of carbonyl (C=O) groups is 1. The lowest BCUT2D eigenvalue weighted by Gasteiger charge is -2.45. The second kappa shape index (κ2) is 7.82. The first-order valence-electron chi connectivity index (χ1n) is 9.86. The Morgan fingerprint density at radius 3 is 2.83 bits per heavy atom. The van der Waals surface area contributed by atoms with E-state index in [9.17, 15) is 4.79 Å². The third kappa shape index (κ3) is 3.82. The predicted molar refractivity (Wildman–Crippen MR) is 118 cm³/mol. The summed E-state index contributed by atoms with van der Waals surface area (Å²) < 4.78 is 0. The van der Waals surface area contributed by atoms with Crippen LogP contribution in [-0.4, -0.2) is 28.5 Å². The third-order valence-electron chi connectivity index (χ3n) is 5.32. The van der Waals surface area contributed by atoms with Gasteiger partial charge in [0.2, 0.25) is 17.8 Å². The molecule has 0 atom stereocenters. The van der Waals surface area contributed by atoms with Crippen molar-refractivity contribution in [3.05, 3.63) is 29.6 Å². The van der Waals surface area contributed by atoms with Crippen molar-refractivity contribution in [2.75, 3.05) is 10.2 Å². The molecule has 1 aromatic carbocycles. The number of nitrogens with zero attached hydrogens (tertiary/aromatic N) is 4. The molecule has 1 aliphatic carbocycles. The number of hydrogen-bond donors (Lipinski definition) is 3. The Hall–Kier alpha value is -2.94. The molecule has 1 aromatic heterocycles. The molecule has 1 saturated carbocycles. The second-order valence-electron chi connectivity index (χ2n) is 7.31. The Kier molecular flexibility index (Phi) is 5.23. The number of nitrogens with two attached hydrogens (primary N) is 2. The van der Waals surface area contributed by atoms with Gasteiger partial charge >= 0.3 is 0 Å². The van der Waals surface area contributed by atoms with Crippen LogP contribution in [-0.2, 0) is 4.79 Å². The van der Waals surface area contributed by atoms with Crippen molar-refractivity contribution in [2.45, 2.75) is 51.1 Å². The fourth-order valence-electron chi connectivity index (χ4n) is 3.97. The van der Waals surface area contributed by atoms with Crippen LogP contribution in [0.2, 0.25) is 0 Å². The average molecular weight is 412 g/mol. The van der Waals surface area contributed by atoms with Gasteiger partial charge in [-0.2, -0.15) is 4.99 Å². The van der Waals surface area contributed by atoms with Crippen molar-refractivity contribution >= 4 is 40.0 Å². The lowest BCUT2D eigenvalue weighted by Crippen LogP contribution is -2.58. The molecular formula is C20H25N7OS. The smallest absolute Gasteiger partial charge is 0.225 e. The molecule has 9 heteroatoms. The number of aliphatic imine (C=N–C) groups is 2. The normalized spacial score (nSPS) is 18.3. The van der Waals surface area contributed by atoms with Gasteiger partial charge in [-0.25, -0.2) is 9.98 Å². The van der Waals surface area contributed by atoms with Crippen LogP contribution in [0.4, 0.5) is 10.8 Å². The van der Waals surface area contributed by atoms with E-state index in [1.807, 2.05) is 41.5 Å². The summed E-state index contributed by atoms with van der Waals surface area (Å²) in [6.45, 7) is 1.81. The Morgan fingerprint density at radius 1 is 1.28 bits per heavy atom. The summed E-state index contributed by atoms with van der Waals surface area (Å²) in [7, 11) is 0. The van der Waals surface area contributed by atoms with Gasteiger partial charge < -0.3 is 16.8 Å². The van der Waals surface area contributed by atoms with Crippen LogP contribution < -0.4 is 21.7 Å². The molecule has 1 amide bonds. The molecule has 0 saturated heterocycles.